The predicted octanol–water partition coefficient (Wildman–Crippen LogP) is 2.97. The highest BCUT2D eigenvalue weighted by molar-refractivity contribution is 5.30. The lowest BCUT2D eigenvalue weighted by Gasteiger charge is -2.24. The van der Waals surface area contributed by atoms with Crippen LogP contribution in [0.1, 0.15) is 43.7 Å². The number of hydrogen-bond donors (Lipinski definition) is 1. The van der Waals surface area contributed by atoms with Crippen LogP contribution in [0.15, 0.2) is 24.3 Å². The smallest absolute Gasteiger partial charge is 0.118 e. The van der Waals surface area contributed by atoms with Gasteiger partial charge in [0.15, 0.2) is 0 Å². The highest BCUT2D eigenvalue weighted by Gasteiger charge is 2.38. The normalized spacial score (nSPS) is 27.8. The molecular formula is C18H26N2O. The van der Waals surface area contributed by atoms with E-state index in [1.807, 2.05) is 0 Å². The van der Waals surface area contributed by atoms with Gasteiger partial charge in [-0.1, -0.05) is 12.1 Å². The first-order chi connectivity index (χ1) is 10.3. The second kappa shape index (κ2) is 5.62. The Bertz CT molecular complexity index is 478. The number of methoxy groups -OCH3 is 1. The zero-order valence-electron chi connectivity index (χ0n) is 12.9. The van der Waals surface area contributed by atoms with E-state index in [0.29, 0.717) is 12.1 Å². The Labute approximate surface area is 127 Å². The Hall–Kier alpha value is -1.06. The van der Waals surface area contributed by atoms with Crippen LogP contribution in [0.3, 0.4) is 0 Å². The Morgan fingerprint density at radius 2 is 1.86 bits per heavy atom. The fourth-order valence-corrected chi connectivity index (χ4v) is 3.69. The molecule has 4 rings (SSSR count). The molecule has 0 bridgehead atoms. The maximum absolute atomic E-state index is 5.28. The van der Waals surface area contributed by atoms with Crippen molar-refractivity contribution in [1.29, 1.82) is 0 Å². The van der Waals surface area contributed by atoms with Crippen LogP contribution in [-0.2, 0) is 0 Å². The van der Waals surface area contributed by atoms with Crippen molar-refractivity contribution in [1.82, 2.24) is 10.2 Å². The Morgan fingerprint density at radius 1 is 1.10 bits per heavy atom. The van der Waals surface area contributed by atoms with Crippen molar-refractivity contribution in [3.05, 3.63) is 29.8 Å². The van der Waals surface area contributed by atoms with Crippen LogP contribution in [0.5, 0.6) is 5.75 Å². The van der Waals surface area contributed by atoms with Crippen molar-refractivity contribution >= 4 is 0 Å². The number of benzene rings is 1. The second-order valence-electron chi connectivity index (χ2n) is 6.97. The summed E-state index contributed by atoms with van der Waals surface area (Å²) in [4.78, 5) is 2.69. The minimum absolute atomic E-state index is 0.542. The van der Waals surface area contributed by atoms with Crippen molar-refractivity contribution in [2.45, 2.75) is 50.2 Å². The van der Waals surface area contributed by atoms with Crippen LogP contribution in [0, 0.1) is 5.92 Å². The molecule has 1 saturated heterocycles. The van der Waals surface area contributed by atoms with Gasteiger partial charge < -0.3 is 10.1 Å². The Morgan fingerprint density at radius 3 is 2.48 bits per heavy atom. The van der Waals surface area contributed by atoms with Crippen LogP contribution >= 0.6 is 0 Å². The van der Waals surface area contributed by atoms with Crippen molar-refractivity contribution in [2.24, 2.45) is 5.92 Å². The molecule has 1 aliphatic heterocycles. The fraction of sp³-hybridized carbons (Fsp3) is 0.667. The Balaban J connectivity index is 1.42. The molecule has 2 atom stereocenters. The number of likely N-dealkylation sites (tertiary alicyclic amines) is 1. The average molecular weight is 286 g/mol. The molecule has 0 aromatic heterocycles. The molecule has 1 heterocycles. The lowest BCUT2D eigenvalue weighted by Crippen LogP contribution is -2.36. The molecule has 1 aromatic carbocycles. The monoisotopic (exact) mass is 286 g/mol. The van der Waals surface area contributed by atoms with Gasteiger partial charge in [-0.05, 0) is 55.7 Å². The molecule has 2 saturated carbocycles. The molecule has 21 heavy (non-hydrogen) atoms. The van der Waals surface area contributed by atoms with Crippen LogP contribution in [0.25, 0.3) is 0 Å². The van der Waals surface area contributed by atoms with Crippen LogP contribution < -0.4 is 10.1 Å². The number of ether oxygens (including phenoxy) is 1. The molecule has 3 nitrogen and oxygen atoms in total. The molecule has 0 amide bonds. The quantitative estimate of drug-likeness (QED) is 0.870. The number of nitrogens with one attached hydrogen (secondary N) is 1. The van der Waals surface area contributed by atoms with E-state index >= 15 is 0 Å². The van der Waals surface area contributed by atoms with Gasteiger partial charge in [-0.25, -0.2) is 0 Å². The highest BCUT2D eigenvalue weighted by atomic mass is 16.5. The van der Waals surface area contributed by atoms with Gasteiger partial charge in [0.25, 0.3) is 0 Å². The second-order valence-corrected chi connectivity index (χ2v) is 6.97. The molecule has 3 heteroatoms. The van der Waals surface area contributed by atoms with Crippen LogP contribution in [0.4, 0.5) is 0 Å². The maximum atomic E-state index is 5.28. The summed E-state index contributed by atoms with van der Waals surface area (Å²) in [5.41, 5.74) is 1.43. The number of hydrogen-bond acceptors (Lipinski definition) is 3. The van der Waals surface area contributed by atoms with Crippen molar-refractivity contribution in [2.75, 3.05) is 20.2 Å². The molecule has 0 radical (unpaired) electrons. The van der Waals surface area contributed by atoms with E-state index in [0.717, 1.165) is 17.7 Å². The molecule has 3 aliphatic rings. The topological polar surface area (TPSA) is 24.5 Å². The van der Waals surface area contributed by atoms with Gasteiger partial charge in [0, 0.05) is 31.2 Å². The van der Waals surface area contributed by atoms with Gasteiger partial charge in [0.1, 0.15) is 5.75 Å². The summed E-state index contributed by atoms with van der Waals surface area (Å²) in [6.07, 6.45) is 6.93. The summed E-state index contributed by atoms with van der Waals surface area (Å²) < 4.78 is 5.28. The van der Waals surface area contributed by atoms with Crippen molar-refractivity contribution in [3.8, 4) is 5.75 Å². The standard InChI is InChI=1S/C18H26N2O/c1-21-17-8-4-14(5-9-17)18(13-2-3-13)19-15-10-11-20(12-15)16-6-7-16/h4-5,8-9,13,15-16,18-19H,2-3,6-7,10-12H2,1H3. The first kappa shape index (κ1) is 13.6. The third-order valence-corrected chi connectivity index (χ3v) is 5.27. The third kappa shape index (κ3) is 3.09. The van der Waals surface area contributed by atoms with E-state index in [1.165, 1.54) is 50.8 Å². The first-order valence-corrected chi connectivity index (χ1v) is 8.47. The molecule has 2 unspecified atom stereocenters. The molecule has 2 aliphatic carbocycles. The van der Waals surface area contributed by atoms with Crippen LogP contribution in [0.2, 0.25) is 0 Å². The van der Waals surface area contributed by atoms with Crippen molar-refractivity contribution < 1.29 is 4.74 Å². The van der Waals surface area contributed by atoms with Gasteiger partial charge in [-0.3, -0.25) is 4.90 Å². The summed E-state index contributed by atoms with van der Waals surface area (Å²) in [6.45, 7) is 2.55. The highest BCUT2D eigenvalue weighted by Crippen LogP contribution is 2.42. The number of rotatable bonds is 6. The zero-order valence-corrected chi connectivity index (χ0v) is 12.9. The van der Waals surface area contributed by atoms with E-state index in [9.17, 15) is 0 Å². The van der Waals surface area contributed by atoms with E-state index in [4.69, 9.17) is 4.74 Å². The first-order valence-electron chi connectivity index (χ1n) is 8.47. The lowest BCUT2D eigenvalue weighted by molar-refractivity contribution is 0.309. The minimum atomic E-state index is 0.542. The molecule has 1 N–H and O–H groups in total. The minimum Gasteiger partial charge on any atom is -0.497 e. The van der Waals surface area contributed by atoms with Gasteiger partial charge in [-0.15, -0.1) is 0 Å². The zero-order chi connectivity index (χ0) is 14.2. The van der Waals surface area contributed by atoms with Gasteiger partial charge in [0.2, 0.25) is 0 Å². The lowest BCUT2D eigenvalue weighted by atomic mass is 10.0. The van der Waals surface area contributed by atoms with Gasteiger partial charge in [0.05, 0.1) is 7.11 Å². The van der Waals surface area contributed by atoms with E-state index < -0.39 is 0 Å². The SMILES string of the molecule is COc1ccc(C(NC2CCN(C3CC3)C2)C2CC2)cc1. The molecular weight excluding hydrogens is 260 g/mol. The fourth-order valence-electron chi connectivity index (χ4n) is 3.69. The third-order valence-electron chi connectivity index (χ3n) is 5.27. The molecule has 0 spiro atoms. The summed E-state index contributed by atoms with van der Waals surface area (Å²) in [5, 5.41) is 3.96. The van der Waals surface area contributed by atoms with E-state index in [1.54, 1.807) is 7.11 Å². The predicted molar refractivity (Wildman–Crippen MR) is 84.6 cm³/mol. The summed E-state index contributed by atoms with van der Waals surface area (Å²) >= 11 is 0. The van der Waals surface area contributed by atoms with Crippen molar-refractivity contribution in [3.63, 3.8) is 0 Å². The largest absolute Gasteiger partial charge is 0.497 e. The van der Waals surface area contributed by atoms with E-state index in [-0.39, 0.29) is 0 Å². The molecule has 114 valence electrons. The van der Waals surface area contributed by atoms with Gasteiger partial charge >= 0.3 is 0 Å². The average Bonchev–Trinajstić information content (AvgIpc) is 3.44. The van der Waals surface area contributed by atoms with E-state index in [2.05, 4.69) is 34.5 Å². The number of nitrogens with zero attached hydrogens (tertiary/aromatic N) is 1. The summed E-state index contributed by atoms with van der Waals surface area (Å²) in [5.74, 6) is 1.79. The molecule has 1 aromatic rings. The van der Waals surface area contributed by atoms with Gasteiger partial charge in [-0.2, -0.15) is 0 Å². The Kier molecular flexibility index (Phi) is 3.64. The summed E-state index contributed by atoms with van der Waals surface area (Å²) in [6, 6.07) is 10.8. The maximum Gasteiger partial charge on any atom is 0.118 e. The summed E-state index contributed by atoms with van der Waals surface area (Å²) in [7, 11) is 1.73. The molecule has 3 fully saturated rings. The van der Waals surface area contributed by atoms with Crippen LogP contribution in [-0.4, -0.2) is 37.2 Å².